The largest absolute Gasteiger partial charge is 0.492 e. The smallest absolute Gasteiger partial charge is 0.251 e. The molecular formula is C24H44N4O2. The molecule has 0 aliphatic rings. The molecule has 0 unspecified atom stereocenters. The van der Waals surface area contributed by atoms with Crippen LogP contribution in [-0.4, -0.2) is 51.8 Å². The predicted octanol–water partition coefficient (Wildman–Crippen LogP) is 3.46. The SMILES string of the molecule is CCCCNCCCCCNCCOc1cccc(C(=O)NCCCCCCN)c1. The first-order valence-electron chi connectivity index (χ1n) is 11.9. The summed E-state index contributed by atoms with van der Waals surface area (Å²) >= 11 is 0. The monoisotopic (exact) mass is 420 g/mol. The van der Waals surface area contributed by atoms with Gasteiger partial charge in [0.25, 0.3) is 5.91 Å². The third-order valence-electron chi connectivity index (χ3n) is 4.97. The lowest BCUT2D eigenvalue weighted by molar-refractivity contribution is 0.0952. The third kappa shape index (κ3) is 14.4. The number of ether oxygens (including phenoxy) is 1. The molecular weight excluding hydrogens is 376 g/mol. The van der Waals surface area contributed by atoms with Crippen LogP contribution in [-0.2, 0) is 0 Å². The molecule has 0 aromatic heterocycles. The Bertz CT molecular complexity index is 540. The van der Waals surface area contributed by atoms with E-state index in [9.17, 15) is 4.79 Å². The van der Waals surface area contributed by atoms with Crippen molar-refractivity contribution in [2.24, 2.45) is 5.73 Å². The number of carbonyl (C=O) groups excluding carboxylic acids is 1. The lowest BCUT2D eigenvalue weighted by atomic mass is 10.1. The first-order valence-corrected chi connectivity index (χ1v) is 11.9. The van der Waals surface area contributed by atoms with Gasteiger partial charge < -0.3 is 26.4 Å². The van der Waals surface area contributed by atoms with E-state index in [-0.39, 0.29) is 5.91 Å². The molecule has 172 valence electrons. The summed E-state index contributed by atoms with van der Waals surface area (Å²) < 4.78 is 5.79. The van der Waals surface area contributed by atoms with Gasteiger partial charge in [0.2, 0.25) is 0 Å². The minimum absolute atomic E-state index is 0.0402. The van der Waals surface area contributed by atoms with Crippen LogP contribution in [0.25, 0.3) is 0 Å². The minimum atomic E-state index is -0.0402. The highest BCUT2D eigenvalue weighted by Crippen LogP contribution is 2.13. The van der Waals surface area contributed by atoms with Crippen molar-refractivity contribution in [3.05, 3.63) is 29.8 Å². The Morgan fingerprint density at radius 1 is 0.867 bits per heavy atom. The zero-order valence-electron chi connectivity index (χ0n) is 19.0. The Hall–Kier alpha value is -1.63. The lowest BCUT2D eigenvalue weighted by Crippen LogP contribution is -2.24. The molecule has 0 spiro atoms. The number of amides is 1. The summed E-state index contributed by atoms with van der Waals surface area (Å²) in [6, 6.07) is 7.41. The van der Waals surface area contributed by atoms with Gasteiger partial charge in [-0.15, -0.1) is 0 Å². The van der Waals surface area contributed by atoms with E-state index >= 15 is 0 Å². The van der Waals surface area contributed by atoms with Crippen LogP contribution >= 0.6 is 0 Å². The second-order valence-corrected chi connectivity index (χ2v) is 7.75. The predicted molar refractivity (Wildman–Crippen MR) is 126 cm³/mol. The molecule has 1 amide bonds. The van der Waals surface area contributed by atoms with E-state index in [2.05, 4.69) is 22.9 Å². The average Bonchev–Trinajstić information content (AvgIpc) is 2.77. The highest BCUT2D eigenvalue weighted by atomic mass is 16.5. The van der Waals surface area contributed by atoms with Crippen molar-refractivity contribution in [3.63, 3.8) is 0 Å². The molecule has 0 bridgehead atoms. The van der Waals surface area contributed by atoms with Gasteiger partial charge in [0.15, 0.2) is 0 Å². The molecule has 1 rings (SSSR count). The number of hydrogen-bond acceptors (Lipinski definition) is 5. The molecule has 0 atom stereocenters. The first-order chi connectivity index (χ1) is 14.8. The van der Waals surface area contributed by atoms with Crippen LogP contribution in [0.4, 0.5) is 0 Å². The highest BCUT2D eigenvalue weighted by Gasteiger charge is 2.06. The summed E-state index contributed by atoms with van der Waals surface area (Å²) in [4.78, 5) is 12.3. The molecule has 0 radical (unpaired) electrons. The summed E-state index contributed by atoms with van der Waals surface area (Å²) in [5.74, 6) is 0.701. The van der Waals surface area contributed by atoms with Crippen LogP contribution in [0.2, 0.25) is 0 Å². The van der Waals surface area contributed by atoms with Crippen LogP contribution in [0, 0.1) is 0 Å². The van der Waals surface area contributed by atoms with E-state index in [1.54, 1.807) is 0 Å². The number of benzene rings is 1. The second kappa shape index (κ2) is 19.3. The van der Waals surface area contributed by atoms with Crippen LogP contribution in [0.3, 0.4) is 0 Å². The van der Waals surface area contributed by atoms with Crippen molar-refractivity contribution in [3.8, 4) is 5.75 Å². The molecule has 0 aliphatic carbocycles. The van der Waals surface area contributed by atoms with E-state index in [0.29, 0.717) is 18.7 Å². The number of nitrogens with one attached hydrogen (secondary N) is 3. The van der Waals surface area contributed by atoms with E-state index in [4.69, 9.17) is 10.5 Å². The third-order valence-corrected chi connectivity index (χ3v) is 4.97. The van der Waals surface area contributed by atoms with Crippen molar-refractivity contribution in [2.45, 2.75) is 64.7 Å². The Kier molecular flexibility index (Phi) is 17.0. The topological polar surface area (TPSA) is 88.4 Å². The van der Waals surface area contributed by atoms with Crippen LogP contribution < -0.4 is 26.4 Å². The molecule has 1 aromatic rings. The van der Waals surface area contributed by atoms with Gasteiger partial charge >= 0.3 is 0 Å². The zero-order valence-corrected chi connectivity index (χ0v) is 19.0. The molecule has 0 saturated heterocycles. The fourth-order valence-electron chi connectivity index (χ4n) is 3.12. The van der Waals surface area contributed by atoms with E-state index < -0.39 is 0 Å². The van der Waals surface area contributed by atoms with Crippen LogP contribution in [0.5, 0.6) is 5.75 Å². The molecule has 0 heterocycles. The standard InChI is InChI=1S/C24H44N4O2/c1-2-3-15-26-16-8-6-9-17-27-19-20-30-23-13-11-12-22(21-23)24(29)28-18-10-5-4-7-14-25/h11-13,21,26-27H,2-10,14-20,25H2,1H3,(H,28,29). The van der Waals surface area contributed by atoms with Crippen molar-refractivity contribution in [1.82, 2.24) is 16.0 Å². The quantitative estimate of drug-likeness (QED) is 0.243. The summed E-state index contributed by atoms with van der Waals surface area (Å²) in [6.07, 6.45) is 10.5. The van der Waals surface area contributed by atoms with Gasteiger partial charge in [0, 0.05) is 18.7 Å². The zero-order chi connectivity index (χ0) is 21.7. The maximum absolute atomic E-state index is 12.3. The summed E-state index contributed by atoms with van der Waals surface area (Å²) in [5.41, 5.74) is 6.14. The molecule has 1 aromatic carbocycles. The fraction of sp³-hybridized carbons (Fsp3) is 0.708. The Labute approximate surface area is 183 Å². The van der Waals surface area contributed by atoms with Crippen molar-refractivity contribution >= 4 is 5.91 Å². The number of nitrogens with two attached hydrogens (primary N) is 1. The van der Waals surface area contributed by atoms with E-state index in [1.165, 1.54) is 32.1 Å². The number of rotatable bonds is 20. The van der Waals surface area contributed by atoms with Crippen LogP contribution in [0.1, 0.15) is 75.1 Å². The lowest BCUT2D eigenvalue weighted by Gasteiger charge is -2.10. The van der Waals surface area contributed by atoms with Gasteiger partial charge in [0.1, 0.15) is 12.4 Å². The molecule has 0 aliphatic heterocycles. The first kappa shape index (κ1) is 26.4. The molecule has 0 saturated carbocycles. The molecule has 6 nitrogen and oxygen atoms in total. The molecule has 6 heteroatoms. The van der Waals surface area contributed by atoms with Gasteiger partial charge in [-0.25, -0.2) is 0 Å². The molecule has 30 heavy (non-hydrogen) atoms. The summed E-state index contributed by atoms with van der Waals surface area (Å²) in [7, 11) is 0. The maximum atomic E-state index is 12.3. The molecule has 5 N–H and O–H groups in total. The van der Waals surface area contributed by atoms with Gasteiger partial charge in [0.05, 0.1) is 0 Å². The van der Waals surface area contributed by atoms with Gasteiger partial charge in [-0.05, 0) is 76.5 Å². The van der Waals surface area contributed by atoms with Crippen molar-refractivity contribution < 1.29 is 9.53 Å². The number of hydrogen-bond donors (Lipinski definition) is 4. The van der Waals surface area contributed by atoms with Crippen molar-refractivity contribution in [2.75, 3.05) is 45.9 Å². The number of unbranched alkanes of at least 4 members (excludes halogenated alkanes) is 6. The van der Waals surface area contributed by atoms with E-state index in [0.717, 1.165) is 64.2 Å². The average molecular weight is 421 g/mol. The normalized spacial score (nSPS) is 10.9. The number of carbonyl (C=O) groups is 1. The van der Waals surface area contributed by atoms with Crippen molar-refractivity contribution in [1.29, 1.82) is 0 Å². The Balaban J connectivity index is 2.05. The summed E-state index contributed by atoms with van der Waals surface area (Å²) in [6.45, 7) is 8.37. The van der Waals surface area contributed by atoms with Gasteiger partial charge in [-0.2, -0.15) is 0 Å². The minimum Gasteiger partial charge on any atom is -0.492 e. The maximum Gasteiger partial charge on any atom is 0.251 e. The highest BCUT2D eigenvalue weighted by molar-refractivity contribution is 5.94. The Morgan fingerprint density at radius 2 is 1.53 bits per heavy atom. The molecule has 0 fully saturated rings. The van der Waals surface area contributed by atoms with Gasteiger partial charge in [-0.1, -0.05) is 38.7 Å². The van der Waals surface area contributed by atoms with E-state index in [1.807, 2.05) is 24.3 Å². The second-order valence-electron chi connectivity index (χ2n) is 7.75. The fourth-order valence-corrected chi connectivity index (χ4v) is 3.12. The summed E-state index contributed by atoms with van der Waals surface area (Å²) in [5, 5.41) is 9.87. The van der Waals surface area contributed by atoms with Crippen LogP contribution in [0.15, 0.2) is 24.3 Å². The Morgan fingerprint density at radius 3 is 2.30 bits per heavy atom. The van der Waals surface area contributed by atoms with Gasteiger partial charge in [-0.3, -0.25) is 4.79 Å².